The van der Waals surface area contributed by atoms with Crippen LogP contribution in [0.1, 0.15) is 39.5 Å². The molecule has 1 aliphatic rings. The second-order valence-electron chi connectivity index (χ2n) is 5.19. The van der Waals surface area contributed by atoms with Crippen LogP contribution in [0.25, 0.3) is 0 Å². The molecule has 0 saturated heterocycles. The second kappa shape index (κ2) is 6.45. The number of aromatic nitrogens is 1. The van der Waals surface area contributed by atoms with Gasteiger partial charge in [0.15, 0.2) is 0 Å². The number of hydrogen-bond donors (Lipinski definition) is 2. The van der Waals surface area contributed by atoms with Crippen molar-refractivity contribution >= 4 is 11.5 Å². The monoisotopic (exact) mass is 261 g/mol. The van der Waals surface area contributed by atoms with Crippen LogP contribution in [0.2, 0.25) is 0 Å². The van der Waals surface area contributed by atoms with E-state index in [1.54, 1.807) is 5.57 Å². The first-order valence-electron chi connectivity index (χ1n) is 7.00. The average molecular weight is 261 g/mol. The molecule has 0 aromatic carbocycles. The average Bonchev–Trinajstić information content (AvgIpc) is 2.86. The number of ether oxygens (including phenoxy) is 1. The smallest absolute Gasteiger partial charge is 0.239 e. The zero-order chi connectivity index (χ0) is 13.7. The Bertz CT molecular complexity index is 455. The Morgan fingerprint density at radius 1 is 1.42 bits per heavy atom. The molecule has 0 atom stereocenters. The molecule has 19 heavy (non-hydrogen) atoms. The summed E-state index contributed by atoms with van der Waals surface area (Å²) in [5.74, 6) is 1.34. The lowest BCUT2D eigenvalue weighted by Gasteiger charge is -2.13. The molecule has 0 radical (unpaired) electrons. The summed E-state index contributed by atoms with van der Waals surface area (Å²) in [5.41, 5.74) is 7.98. The summed E-state index contributed by atoms with van der Waals surface area (Å²) < 4.78 is 5.58. The molecule has 104 valence electrons. The fraction of sp³-hybridized carbons (Fsp3) is 0.533. The normalized spacial score (nSPS) is 14.6. The van der Waals surface area contributed by atoms with Crippen LogP contribution in [0.5, 0.6) is 5.88 Å². The maximum Gasteiger partial charge on any atom is 0.239 e. The third-order valence-electron chi connectivity index (χ3n) is 3.12. The lowest BCUT2D eigenvalue weighted by Crippen LogP contribution is -2.11. The number of pyridine rings is 1. The van der Waals surface area contributed by atoms with Crippen LogP contribution in [-0.4, -0.2) is 17.6 Å². The molecule has 0 bridgehead atoms. The number of nitrogen functional groups attached to an aromatic ring is 1. The number of rotatable bonds is 6. The minimum absolute atomic E-state index is 0.0775. The molecular weight excluding hydrogens is 238 g/mol. The van der Waals surface area contributed by atoms with Crippen molar-refractivity contribution < 1.29 is 4.74 Å². The first kappa shape index (κ1) is 13.7. The molecular formula is C15H23N3O. The van der Waals surface area contributed by atoms with Gasteiger partial charge >= 0.3 is 0 Å². The zero-order valence-electron chi connectivity index (χ0n) is 11.8. The van der Waals surface area contributed by atoms with Gasteiger partial charge in [-0.3, -0.25) is 0 Å². The Labute approximate surface area is 115 Å². The van der Waals surface area contributed by atoms with Crippen molar-refractivity contribution in [1.82, 2.24) is 4.98 Å². The van der Waals surface area contributed by atoms with Crippen molar-refractivity contribution in [3.05, 3.63) is 23.8 Å². The predicted octanol–water partition coefficient (Wildman–Crippen LogP) is 3.36. The molecule has 0 spiro atoms. The maximum atomic E-state index is 5.84. The molecule has 0 saturated carbocycles. The van der Waals surface area contributed by atoms with E-state index in [9.17, 15) is 0 Å². The van der Waals surface area contributed by atoms with Crippen LogP contribution in [-0.2, 0) is 0 Å². The van der Waals surface area contributed by atoms with E-state index < -0.39 is 0 Å². The van der Waals surface area contributed by atoms with E-state index >= 15 is 0 Å². The highest BCUT2D eigenvalue weighted by Gasteiger charge is 2.07. The summed E-state index contributed by atoms with van der Waals surface area (Å²) >= 11 is 0. The number of allylic oxidation sites excluding steroid dienone is 1. The zero-order valence-corrected chi connectivity index (χ0v) is 11.8. The van der Waals surface area contributed by atoms with E-state index in [0.29, 0.717) is 11.6 Å². The molecule has 2 rings (SSSR count). The summed E-state index contributed by atoms with van der Waals surface area (Å²) in [6, 6.07) is 3.73. The Hall–Kier alpha value is -1.71. The lowest BCUT2D eigenvalue weighted by molar-refractivity contribution is 0.234. The number of nitrogens with one attached hydrogen (secondary N) is 1. The third kappa shape index (κ3) is 4.16. The third-order valence-corrected chi connectivity index (χ3v) is 3.12. The highest BCUT2D eigenvalue weighted by atomic mass is 16.5. The number of anilines is 2. The fourth-order valence-electron chi connectivity index (χ4n) is 2.18. The highest BCUT2D eigenvalue weighted by Crippen LogP contribution is 2.23. The van der Waals surface area contributed by atoms with Gasteiger partial charge in [0, 0.05) is 6.54 Å². The minimum Gasteiger partial charge on any atom is -0.473 e. The predicted molar refractivity (Wildman–Crippen MR) is 79.5 cm³/mol. The number of nitrogens with zero attached hydrogens (tertiary/aromatic N) is 1. The standard InChI is InChI=1S/C15H23N3O/c1-11(2)19-15-13(16)7-8-14(18-15)17-10-9-12-5-3-4-6-12/h5,7-8,11H,3-4,6,9-10,16H2,1-2H3,(H,17,18). The van der Waals surface area contributed by atoms with E-state index in [2.05, 4.69) is 16.4 Å². The van der Waals surface area contributed by atoms with Gasteiger partial charge in [-0.1, -0.05) is 11.6 Å². The molecule has 4 nitrogen and oxygen atoms in total. The molecule has 0 unspecified atom stereocenters. The van der Waals surface area contributed by atoms with Gasteiger partial charge in [-0.2, -0.15) is 4.98 Å². The molecule has 0 amide bonds. The molecule has 3 N–H and O–H groups in total. The van der Waals surface area contributed by atoms with Crippen LogP contribution < -0.4 is 15.8 Å². The Balaban J connectivity index is 1.89. The first-order valence-corrected chi connectivity index (χ1v) is 7.00. The van der Waals surface area contributed by atoms with Crippen molar-refractivity contribution in [2.75, 3.05) is 17.6 Å². The van der Waals surface area contributed by atoms with Gasteiger partial charge in [0.05, 0.1) is 11.8 Å². The van der Waals surface area contributed by atoms with E-state index in [1.165, 1.54) is 19.3 Å². The van der Waals surface area contributed by atoms with Gasteiger partial charge in [-0.15, -0.1) is 0 Å². The van der Waals surface area contributed by atoms with Gasteiger partial charge in [0.2, 0.25) is 5.88 Å². The van der Waals surface area contributed by atoms with Crippen LogP contribution >= 0.6 is 0 Å². The molecule has 0 aliphatic heterocycles. The van der Waals surface area contributed by atoms with Gasteiger partial charge < -0.3 is 15.8 Å². The summed E-state index contributed by atoms with van der Waals surface area (Å²) in [6.07, 6.45) is 7.31. The van der Waals surface area contributed by atoms with Crippen LogP contribution in [0, 0.1) is 0 Å². The number of nitrogens with two attached hydrogens (primary N) is 1. The van der Waals surface area contributed by atoms with Crippen LogP contribution in [0.15, 0.2) is 23.8 Å². The molecule has 1 aliphatic carbocycles. The van der Waals surface area contributed by atoms with Crippen LogP contribution in [0.3, 0.4) is 0 Å². The second-order valence-corrected chi connectivity index (χ2v) is 5.19. The van der Waals surface area contributed by atoms with E-state index in [-0.39, 0.29) is 6.10 Å². The quantitative estimate of drug-likeness (QED) is 0.771. The Morgan fingerprint density at radius 3 is 2.95 bits per heavy atom. The number of hydrogen-bond acceptors (Lipinski definition) is 4. The van der Waals surface area contributed by atoms with Crippen molar-refractivity contribution in [3.8, 4) is 5.88 Å². The largest absolute Gasteiger partial charge is 0.473 e. The molecule has 1 heterocycles. The van der Waals surface area contributed by atoms with Gasteiger partial charge in [0.25, 0.3) is 0 Å². The summed E-state index contributed by atoms with van der Waals surface area (Å²) in [7, 11) is 0. The summed E-state index contributed by atoms with van der Waals surface area (Å²) in [6.45, 7) is 4.84. The maximum absolute atomic E-state index is 5.84. The Kier molecular flexibility index (Phi) is 4.66. The molecule has 4 heteroatoms. The SMILES string of the molecule is CC(C)Oc1nc(NCCC2=CCCC2)ccc1N. The highest BCUT2D eigenvalue weighted by molar-refractivity contribution is 5.53. The van der Waals surface area contributed by atoms with Crippen molar-refractivity contribution in [2.45, 2.75) is 45.6 Å². The Morgan fingerprint density at radius 2 is 2.26 bits per heavy atom. The minimum atomic E-state index is 0.0775. The molecule has 0 fully saturated rings. The van der Waals surface area contributed by atoms with Gasteiger partial charge in [0.1, 0.15) is 5.82 Å². The van der Waals surface area contributed by atoms with E-state index in [0.717, 1.165) is 18.8 Å². The topological polar surface area (TPSA) is 60.2 Å². The molecule has 1 aromatic heterocycles. The van der Waals surface area contributed by atoms with Gasteiger partial charge in [-0.25, -0.2) is 0 Å². The summed E-state index contributed by atoms with van der Waals surface area (Å²) in [4.78, 5) is 4.40. The molecule has 1 aromatic rings. The van der Waals surface area contributed by atoms with Crippen molar-refractivity contribution in [2.24, 2.45) is 0 Å². The van der Waals surface area contributed by atoms with E-state index in [1.807, 2.05) is 26.0 Å². The van der Waals surface area contributed by atoms with Crippen molar-refractivity contribution in [1.29, 1.82) is 0 Å². The van der Waals surface area contributed by atoms with Crippen LogP contribution in [0.4, 0.5) is 11.5 Å². The van der Waals surface area contributed by atoms with Gasteiger partial charge in [-0.05, 0) is 51.7 Å². The fourth-order valence-corrected chi connectivity index (χ4v) is 2.18. The summed E-state index contributed by atoms with van der Waals surface area (Å²) in [5, 5.41) is 3.32. The first-order chi connectivity index (χ1) is 9.15. The van der Waals surface area contributed by atoms with E-state index in [4.69, 9.17) is 10.5 Å². The van der Waals surface area contributed by atoms with Crippen molar-refractivity contribution in [3.63, 3.8) is 0 Å². The lowest BCUT2D eigenvalue weighted by atomic mass is 10.2.